The molecule has 2 N–H and O–H groups in total. The Kier molecular flexibility index (Phi) is 3.60. The number of aliphatic hydroxyl groups is 2. The van der Waals surface area contributed by atoms with E-state index in [1.807, 2.05) is 30.3 Å². The Labute approximate surface area is 116 Å². The maximum atomic E-state index is 11.5. The van der Waals surface area contributed by atoms with Gasteiger partial charge in [-0.15, -0.1) is 0 Å². The predicted octanol–water partition coefficient (Wildman–Crippen LogP) is 0.128. The third-order valence-corrected chi connectivity index (χ3v) is 3.79. The molecule has 1 aromatic rings. The topological polar surface area (TPSA) is 79.2 Å². The molecule has 2 saturated heterocycles. The van der Waals surface area contributed by atoms with Crippen LogP contribution in [0.15, 0.2) is 30.3 Å². The fourth-order valence-corrected chi connectivity index (χ4v) is 2.68. The normalized spacial score (nSPS) is 32.9. The van der Waals surface area contributed by atoms with Crippen molar-refractivity contribution in [3.8, 4) is 0 Å². The molecule has 6 heteroatoms. The molecule has 2 aliphatic heterocycles. The molecule has 108 valence electrons. The van der Waals surface area contributed by atoms with E-state index in [0.29, 0.717) is 6.61 Å². The van der Waals surface area contributed by atoms with Crippen LogP contribution in [-0.4, -0.2) is 58.7 Å². The zero-order valence-corrected chi connectivity index (χ0v) is 10.9. The van der Waals surface area contributed by atoms with Gasteiger partial charge in [0.25, 0.3) is 0 Å². The number of amides is 1. The number of aliphatic hydroxyl groups excluding tert-OH is 2. The van der Waals surface area contributed by atoms with E-state index < -0.39 is 24.4 Å². The highest BCUT2D eigenvalue weighted by atomic mass is 16.6. The number of nitrogens with zero attached hydrogens (tertiary/aromatic N) is 1. The van der Waals surface area contributed by atoms with E-state index in [1.165, 1.54) is 4.90 Å². The van der Waals surface area contributed by atoms with E-state index in [0.717, 1.165) is 5.56 Å². The largest absolute Gasteiger partial charge is 0.447 e. The van der Waals surface area contributed by atoms with Crippen LogP contribution in [0.2, 0.25) is 0 Å². The molecule has 6 nitrogen and oxygen atoms in total. The van der Waals surface area contributed by atoms with Crippen LogP contribution in [0.5, 0.6) is 0 Å². The zero-order valence-electron chi connectivity index (χ0n) is 10.9. The van der Waals surface area contributed by atoms with Crippen molar-refractivity contribution in [2.45, 2.75) is 31.0 Å². The standard InChI is InChI=1S/C14H17NO5/c16-11-6-15-10(8-20-14(15)18)13(12(11)17)19-7-9-4-2-1-3-5-9/h1-5,10-13,16-17H,6-8H2/t10-,11+,12-,13+/m1/s1. The third kappa shape index (κ3) is 2.37. The minimum atomic E-state index is -1.02. The molecule has 3 rings (SSSR count). The van der Waals surface area contributed by atoms with Crippen molar-refractivity contribution in [1.82, 2.24) is 4.90 Å². The fourth-order valence-electron chi connectivity index (χ4n) is 2.68. The SMILES string of the molecule is O=C1OC[C@@H]2[C@H](OCc3ccccc3)[C@H](O)[C@@H](O)CN12. The second-order valence-corrected chi connectivity index (χ2v) is 5.12. The summed E-state index contributed by atoms with van der Waals surface area (Å²) in [5, 5.41) is 19.9. The van der Waals surface area contributed by atoms with Crippen LogP contribution in [0.4, 0.5) is 4.79 Å². The number of carbonyl (C=O) groups is 1. The number of piperidine rings is 1. The summed E-state index contributed by atoms with van der Waals surface area (Å²) in [5.41, 5.74) is 0.969. The quantitative estimate of drug-likeness (QED) is 0.822. The van der Waals surface area contributed by atoms with Gasteiger partial charge in [0, 0.05) is 0 Å². The van der Waals surface area contributed by atoms with Crippen LogP contribution in [-0.2, 0) is 16.1 Å². The van der Waals surface area contributed by atoms with Crippen LogP contribution in [0, 0.1) is 0 Å². The monoisotopic (exact) mass is 279 g/mol. The minimum Gasteiger partial charge on any atom is -0.447 e. The van der Waals surface area contributed by atoms with E-state index in [4.69, 9.17) is 9.47 Å². The van der Waals surface area contributed by atoms with Gasteiger partial charge in [0.2, 0.25) is 0 Å². The number of ether oxygens (including phenoxy) is 2. The molecule has 0 aliphatic carbocycles. The zero-order chi connectivity index (χ0) is 14.1. The van der Waals surface area contributed by atoms with Crippen molar-refractivity contribution >= 4 is 6.09 Å². The highest BCUT2D eigenvalue weighted by Crippen LogP contribution is 2.27. The van der Waals surface area contributed by atoms with Crippen molar-refractivity contribution in [3.63, 3.8) is 0 Å². The first kappa shape index (κ1) is 13.4. The van der Waals surface area contributed by atoms with E-state index >= 15 is 0 Å². The second-order valence-electron chi connectivity index (χ2n) is 5.12. The molecule has 1 aromatic carbocycles. The molecule has 0 radical (unpaired) electrons. The molecule has 2 heterocycles. The van der Waals surface area contributed by atoms with Crippen molar-refractivity contribution in [2.75, 3.05) is 13.2 Å². The maximum absolute atomic E-state index is 11.5. The second kappa shape index (κ2) is 5.40. The molecule has 0 saturated carbocycles. The number of cyclic esters (lactones) is 1. The lowest BCUT2D eigenvalue weighted by atomic mass is 9.95. The number of carbonyl (C=O) groups excluding carboxylic acids is 1. The first-order chi connectivity index (χ1) is 9.66. The summed E-state index contributed by atoms with van der Waals surface area (Å²) >= 11 is 0. The summed E-state index contributed by atoms with van der Waals surface area (Å²) in [7, 11) is 0. The minimum absolute atomic E-state index is 0.0792. The Bertz CT molecular complexity index is 480. The van der Waals surface area contributed by atoms with Crippen molar-refractivity contribution in [1.29, 1.82) is 0 Å². The highest BCUT2D eigenvalue weighted by molar-refractivity contribution is 5.70. The first-order valence-corrected chi connectivity index (χ1v) is 6.62. The van der Waals surface area contributed by atoms with Gasteiger partial charge >= 0.3 is 6.09 Å². The Hall–Kier alpha value is -1.63. The number of fused-ring (bicyclic) bond motifs is 1. The molecular weight excluding hydrogens is 262 g/mol. The van der Waals surface area contributed by atoms with Crippen molar-refractivity contribution < 1.29 is 24.5 Å². The van der Waals surface area contributed by atoms with Gasteiger partial charge in [0.05, 0.1) is 19.2 Å². The fraction of sp³-hybridized carbons (Fsp3) is 0.500. The molecule has 0 aromatic heterocycles. The summed E-state index contributed by atoms with van der Waals surface area (Å²) in [6.07, 6.45) is -3.15. The molecule has 20 heavy (non-hydrogen) atoms. The van der Waals surface area contributed by atoms with Gasteiger partial charge in [-0.3, -0.25) is 4.90 Å². The highest BCUT2D eigenvalue weighted by Gasteiger charge is 2.49. The number of benzene rings is 1. The average molecular weight is 279 g/mol. The van der Waals surface area contributed by atoms with Crippen LogP contribution in [0.3, 0.4) is 0 Å². The lowest BCUT2D eigenvalue weighted by molar-refractivity contribution is -0.147. The van der Waals surface area contributed by atoms with Crippen LogP contribution < -0.4 is 0 Å². The van der Waals surface area contributed by atoms with Gasteiger partial charge in [0.15, 0.2) is 0 Å². The Morgan fingerprint density at radius 3 is 2.80 bits per heavy atom. The number of hydrogen-bond acceptors (Lipinski definition) is 5. The molecule has 0 unspecified atom stereocenters. The number of rotatable bonds is 3. The number of hydrogen-bond donors (Lipinski definition) is 2. The van der Waals surface area contributed by atoms with Gasteiger partial charge in [-0.1, -0.05) is 30.3 Å². The summed E-state index contributed by atoms with van der Waals surface area (Å²) in [4.78, 5) is 13.0. The van der Waals surface area contributed by atoms with Gasteiger partial charge < -0.3 is 19.7 Å². The van der Waals surface area contributed by atoms with E-state index in [1.54, 1.807) is 0 Å². The molecule has 2 aliphatic rings. The van der Waals surface area contributed by atoms with Gasteiger partial charge in [0.1, 0.15) is 24.9 Å². The molecular formula is C14H17NO5. The molecule has 2 fully saturated rings. The Balaban J connectivity index is 1.71. The molecule has 1 amide bonds. The summed E-state index contributed by atoms with van der Waals surface area (Å²) < 4.78 is 10.7. The van der Waals surface area contributed by atoms with E-state index in [9.17, 15) is 15.0 Å². The van der Waals surface area contributed by atoms with Gasteiger partial charge in [-0.25, -0.2) is 4.79 Å². The van der Waals surface area contributed by atoms with E-state index in [2.05, 4.69) is 0 Å². The molecule has 0 spiro atoms. The summed E-state index contributed by atoms with van der Waals surface area (Å²) in [5.74, 6) is 0. The van der Waals surface area contributed by atoms with Crippen LogP contribution in [0.25, 0.3) is 0 Å². The summed E-state index contributed by atoms with van der Waals surface area (Å²) in [6.45, 7) is 0.575. The average Bonchev–Trinajstić information content (AvgIpc) is 2.82. The summed E-state index contributed by atoms with van der Waals surface area (Å²) in [6, 6.07) is 9.20. The molecule has 0 bridgehead atoms. The van der Waals surface area contributed by atoms with Crippen molar-refractivity contribution in [2.24, 2.45) is 0 Å². The van der Waals surface area contributed by atoms with Crippen LogP contribution >= 0.6 is 0 Å². The van der Waals surface area contributed by atoms with Crippen LogP contribution in [0.1, 0.15) is 5.56 Å². The van der Waals surface area contributed by atoms with Gasteiger partial charge in [-0.05, 0) is 5.56 Å². The molecule has 4 atom stereocenters. The lowest BCUT2D eigenvalue weighted by Gasteiger charge is -2.40. The smallest absolute Gasteiger partial charge is 0.410 e. The Morgan fingerprint density at radius 1 is 1.30 bits per heavy atom. The Morgan fingerprint density at radius 2 is 2.05 bits per heavy atom. The lowest BCUT2D eigenvalue weighted by Crippen LogP contribution is -2.61. The maximum Gasteiger partial charge on any atom is 0.410 e. The first-order valence-electron chi connectivity index (χ1n) is 6.62. The van der Waals surface area contributed by atoms with Crippen molar-refractivity contribution in [3.05, 3.63) is 35.9 Å². The van der Waals surface area contributed by atoms with Gasteiger partial charge in [-0.2, -0.15) is 0 Å². The third-order valence-electron chi connectivity index (χ3n) is 3.79. The predicted molar refractivity (Wildman–Crippen MR) is 68.9 cm³/mol. The van der Waals surface area contributed by atoms with E-state index in [-0.39, 0.29) is 19.2 Å².